The lowest BCUT2D eigenvalue weighted by atomic mass is 10.00. The summed E-state index contributed by atoms with van der Waals surface area (Å²) in [6, 6.07) is 10.1. The van der Waals surface area contributed by atoms with Gasteiger partial charge in [-0.3, -0.25) is 9.78 Å². The van der Waals surface area contributed by atoms with Gasteiger partial charge in [0.25, 0.3) is 0 Å². The number of fused-ring (bicyclic) bond motifs is 3. The van der Waals surface area contributed by atoms with Crippen LogP contribution >= 0.6 is 0 Å². The average Bonchev–Trinajstić information content (AvgIpc) is 2.84. The summed E-state index contributed by atoms with van der Waals surface area (Å²) >= 11 is 0. The molecule has 0 aliphatic heterocycles. The number of rotatable bonds is 6. The van der Waals surface area contributed by atoms with E-state index in [-0.39, 0.29) is 5.78 Å². The predicted molar refractivity (Wildman–Crippen MR) is 90.3 cm³/mol. The van der Waals surface area contributed by atoms with Crippen LogP contribution in [0.1, 0.15) is 66.8 Å². The molecule has 0 radical (unpaired) electrons. The normalized spacial score (nSPS) is 12.4. The number of nitrogens with zero attached hydrogens (tertiary/aromatic N) is 1. The third-order valence-corrected chi connectivity index (χ3v) is 4.39. The van der Waals surface area contributed by atoms with Gasteiger partial charge in [0, 0.05) is 11.3 Å². The van der Waals surface area contributed by atoms with Gasteiger partial charge in [-0.15, -0.1) is 0 Å². The van der Waals surface area contributed by atoms with E-state index in [0.29, 0.717) is 0 Å². The molecule has 1 aliphatic carbocycles. The van der Waals surface area contributed by atoms with Crippen LogP contribution in [0.15, 0.2) is 30.3 Å². The highest BCUT2D eigenvalue weighted by atomic mass is 16.1. The predicted octanol–water partition coefficient (Wildman–Crippen LogP) is 4.98. The van der Waals surface area contributed by atoms with E-state index < -0.39 is 0 Å². The van der Waals surface area contributed by atoms with Crippen molar-refractivity contribution in [3.63, 3.8) is 0 Å². The third kappa shape index (κ3) is 2.58. The van der Waals surface area contributed by atoms with Crippen LogP contribution in [-0.4, -0.2) is 10.8 Å². The lowest BCUT2D eigenvalue weighted by Crippen LogP contribution is -2.06. The van der Waals surface area contributed by atoms with E-state index in [1.807, 2.05) is 18.2 Å². The molecule has 2 aromatic rings. The minimum Gasteiger partial charge on any atom is -0.288 e. The van der Waals surface area contributed by atoms with Crippen molar-refractivity contribution in [3.8, 4) is 11.1 Å². The number of aromatic nitrogens is 1. The van der Waals surface area contributed by atoms with Crippen molar-refractivity contribution in [2.75, 3.05) is 0 Å². The fourth-order valence-corrected chi connectivity index (χ4v) is 3.18. The molecule has 22 heavy (non-hydrogen) atoms. The van der Waals surface area contributed by atoms with Gasteiger partial charge in [0.05, 0.1) is 11.3 Å². The number of carbonyl (C=O) groups is 1. The monoisotopic (exact) mass is 293 g/mol. The molecule has 1 aromatic carbocycles. The van der Waals surface area contributed by atoms with Crippen LogP contribution in [-0.2, 0) is 12.8 Å². The average molecular weight is 293 g/mol. The van der Waals surface area contributed by atoms with Gasteiger partial charge in [-0.05, 0) is 42.9 Å². The van der Waals surface area contributed by atoms with E-state index in [4.69, 9.17) is 4.98 Å². The number of unbranched alkanes of at least 4 members (excludes halogenated alkanes) is 2. The highest BCUT2D eigenvalue weighted by Crippen LogP contribution is 2.38. The lowest BCUT2D eigenvalue weighted by molar-refractivity contribution is 0.104. The van der Waals surface area contributed by atoms with Crippen molar-refractivity contribution in [2.45, 2.75) is 52.4 Å². The largest absolute Gasteiger partial charge is 0.288 e. The number of pyridine rings is 1. The zero-order valence-electron chi connectivity index (χ0n) is 13.5. The standard InChI is InChI=1S/C20H23NO/c1-3-5-9-14-13-17-15-10-7-8-11-16(15)20(22)19(17)18(21-14)12-6-4-2/h7-8,10-11,13H,3-6,9,12H2,1-2H3. The quantitative estimate of drug-likeness (QED) is 0.641. The first-order chi connectivity index (χ1) is 10.8. The molecule has 0 bridgehead atoms. The van der Waals surface area contributed by atoms with E-state index in [2.05, 4.69) is 26.0 Å². The smallest absolute Gasteiger partial charge is 0.196 e. The van der Waals surface area contributed by atoms with Gasteiger partial charge < -0.3 is 0 Å². The molecule has 0 N–H and O–H groups in total. The molecule has 0 unspecified atom stereocenters. The maximum Gasteiger partial charge on any atom is 0.196 e. The molecule has 114 valence electrons. The Hall–Kier alpha value is -1.96. The van der Waals surface area contributed by atoms with Crippen molar-refractivity contribution in [1.29, 1.82) is 0 Å². The van der Waals surface area contributed by atoms with Crippen LogP contribution < -0.4 is 0 Å². The Bertz CT molecular complexity index is 703. The van der Waals surface area contributed by atoms with Gasteiger partial charge in [-0.25, -0.2) is 0 Å². The van der Waals surface area contributed by atoms with Crippen molar-refractivity contribution >= 4 is 5.78 Å². The Kier molecular flexibility index (Phi) is 4.37. The van der Waals surface area contributed by atoms with Crippen LogP contribution in [0.3, 0.4) is 0 Å². The van der Waals surface area contributed by atoms with Crippen LogP contribution in [0, 0.1) is 0 Å². The maximum atomic E-state index is 12.8. The van der Waals surface area contributed by atoms with E-state index in [0.717, 1.165) is 65.7 Å². The van der Waals surface area contributed by atoms with Crippen molar-refractivity contribution in [3.05, 3.63) is 52.8 Å². The zero-order valence-corrected chi connectivity index (χ0v) is 13.5. The van der Waals surface area contributed by atoms with Crippen LogP contribution in [0.2, 0.25) is 0 Å². The van der Waals surface area contributed by atoms with Gasteiger partial charge in [0.15, 0.2) is 5.78 Å². The fraction of sp³-hybridized carbons (Fsp3) is 0.400. The third-order valence-electron chi connectivity index (χ3n) is 4.39. The number of carbonyl (C=O) groups excluding carboxylic acids is 1. The van der Waals surface area contributed by atoms with E-state index >= 15 is 0 Å². The number of benzene rings is 1. The number of aryl methyl sites for hydroxylation is 2. The highest BCUT2D eigenvalue weighted by Gasteiger charge is 2.29. The Balaban J connectivity index is 2.11. The SMILES string of the molecule is CCCCc1cc2c(c(CCCC)n1)C(=O)c1ccccc1-2. The Morgan fingerprint density at radius 1 is 0.909 bits per heavy atom. The topological polar surface area (TPSA) is 30.0 Å². The summed E-state index contributed by atoms with van der Waals surface area (Å²) in [6.07, 6.45) is 6.42. The molecule has 0 atom stereocenters. The molecule has 1 heterocycles. The van der Waals surface area contributed by atoms with Crippen LogP contribution in [0.25, 0.3) is 11.1 Å². The summed E-state index contributed by atoms with van der Waals surface area (Å²) in [5, 5.41) is 0. The first-order valence-electron chi connectivity index (χ1n) is 8.43. The van der Waals surface area contributed by atoms with Crippen molar-refractivity contribution < 1.29 is 4.79 Å². The first kappa shape index (κ1) is 15.0. The van der Waals surface area contributed by atoms with Crippen LogP contribution in [0.5, 0.6) is 0 Å². The number of ketones is 1. The highest BCUT2D eigenvalue weighted by molar-refractivity contribution is 6.22. The molecular weight excluding hydrogens is 270 g/mol. The second-order valence-corrected chi connectivity index (χ2v) is 6.06. The minimum absolute atomic E-state index is 0.159. The molecular formula is C20H23NO. The summed E-state index contributed by atoms with van der Waals surface area (Å²) in [6.45, 7) is 4.38. The molecule has 0 amide bonds. The fourth-order valence-electron chi connectivity index (χ4n) is 3.18. The maximum absolute atomic E-state index is 12.8. The second-order valence-electron chi connectivity index (χ2n) is 6.06. The Morgan fingerprint density at radius 3 is 2.32 bits per heavy atom. The molecule has 2 heteroatoms. The van der Waals surface area contributed by atoms with Gasteiger partial charge in [0.2, 0.25) is 0 Å². The number of hydrogen-bond donors (Lipinski definition) is 0. The molecule has 1 aromatic heterocycles. The van der Waals surface area contributed by atoms with Gasteiger partial charge in [0.1, 0.15) is 0 Å². The molecule has 0 saturated carbocycles. The molecule has 2 nitrogen and oxygen atoms in total. The molecule has 1 aliphatic rings. The second kappa shape index (κ2) is 6.43. The van der Waals surface area contributed by atoms with Gasteiger partial charge in [-0.2, -0.15) is 0 Å². The van der Waals surface area contributed by atoms with Crippen molar-refractivity contribution in [1.82, 2.24) is 4.98 Å². The van der Waals surface area contributed by atoms with E-state index in [9.17, 15) is 4.79 Å². The summed E-state index contributed by atoms with van der Waals surface area (Å²) in [7, 11) is 0. The van der Waals surface area contributed by atoms with E-state index in [1.165, 1.54) is 6.42 Å². The summed E-state index contributed by atoms with van der Waals surface area (Å²) in [5.74, 6) is 0.159. The van der Waals surface area contributed by atoms with Gasteiger partial charge >= 0.3 is 0 Å². The van der Waals surface area contributed by atoms with Gasteiger partial charge in [-0.1, -0.05) is 51.0 Å². The van der Waals surface area contributed by atoms with Crippen molar-refractivity contribution in [2.24, 2.45) is 0 Å². The molecule has 0 spiro atoms. The Morgan fingerprint density at radius 2 is 1.59 bits per heavy atom. The lowest BCUT2D eigenvalue weighted by Gasteiger charge is -2.10. The van der Waals surface area contributed by atoms with E-state index in [1.54, 1.807) is 0 Å². The Labute approximate surface area is 132 Å². The summed E-state index contributed by atoms with van der Waals surface area (Å²) < 4.78 is 0. The molecule has 3 rings (SSSR count). The zero-order chi connectivity index (χ0) is 15.5. The summed E-state index contributed by atoms with van der Waals surface area (Å²) in [5.41, 5.74) is 6.02. The molecule has 0 saturated heterocycles. The number of hydrogen-bond acceptors (Lipinski definition) is 2. The minimum atomic E-state index is 0.159. The summed E-state index contributed by atoms with van der Waals surface area (Å²) in [4.78, 5) is 17.6. The van der Waals surface area contributed by atoms with Crippen LogP contribution in [0.4, 0.5) is 0 Å². The molecule has 0 fully saturated rings. The first-order valence-corrected chi connectivity index (χ1v) is 8.43.